The molecule has 1 saturated heterocycles. The third kappa shape index (κ3) is 4.29. The number of halogens is 3. The predicted molar refractivity (Wildman–Crippen MR) is 86.1 cm³/mol. The molecule has 0 atom stereocenters. The second-order valence-corrected chi connectivity index (χ2v) is 5.92. The summed E-state index contributed by atoms with van der Waals surface area (Å²) in [6.07, 6.45) is -4.37. The fourth-order valence-corrected chi connectivity index (χ4v) is 2.77. The number of alkyl halides is 3. The maximum Gasteiger partial charge on any atom is 0.416 e. The van der Waals surface area contributed by atoms with E-state index in [2.05, 4.69) is 4.98 Å². The predicted octanol–water partition coefficient (Wildman–Crippen LogP) is 3.51. The van der Waals surface area contributed by atoms with E-state index in [-0.39, 0.29) is 18.2 Å². The highest BCUT2D eigenvalue weighted by Crippen LogP contribution is 2.33. The van der Waals surface area contributed by atoms with E-state index < -0.39 is 11.7 Å². The lowest BCUT2D eigenvalue weighted by Gasteiger charge is -2.37. The van der Waals surface area contributed by atoms with Crippen molar-refractivity contribution in [1.29, 1.82) is 0 Å². The highest BCUT2D eigenvalue weighted by molar-refractivity contribution is 5.30. The maximum atomic E-state index is 13.2. The summed E-state index contributed by atoms with van der Waals surface area (Å²) in [4.78, 5) is 6.33. The Balaban J connectivity index is 1.83. The molecule has 1 aliphatic heterocycles. The van der Waals surface area contributed by atoms with Crippen LogP contribution in [0.3, 0.4) is 0 Å². The van der Waals surface area contributed by atoms with E-state index in [1.807, 2.05) is 17.0 Å². The van der Waals surface area contributed by atoms with Crippen molar-refractivity contribution < 1.29 is 22.6 Å². The first-order chi connectivity index (χ1) is 12.0. The number of aromatic nitrogens is 1. The highest BCUT2D eigenvalue weighted by Gasteiger charge is 2.34. The van der Waals surface area contributed by atoms with Crippen LogP contribution in [0.4, 0.5) is 13.2 Å². The average molecular weight is 352 g/mol. The lowest BCUT2D eigenvalue weighted by atomic mass is 10.0. The Bertz CT molecular complexity index is 717. The zero-order valence-corrected chi connectivity index (χ0v) is 13.8. The van der Waals surface area contributed by atoms with Crippen LogP contribution >= 0.6 is 0 Å². The van der Waals surface area contributed by atoms with Crippen molar-refractivity contribution in [3.8, 4) is 5.88 Å². The minimum Gasteiger partial charge on any atom is -0.481 e. The van der Waals surface area contributed by atoms with Gasteiger partial charge in [0.2, 0.25) is 5.88 Å². The van der Waals surface area contributed by atoms with E-state index in [0.29, 0.717) is 25.6 Å². The molecule has 0 amide bonds. The van der Waals surface area contributed by atoms with E-state index in [4.69, 9.17) is 9.47 Å². The van der Waals surface area contributed by atoms with Crippen molar-refractivity contribution in [3.63, 3.8) is 0 Å². The van der Waals surface area contributed by atoms with Crippen LogP contribution < -0.4 is 4.74 Å². The molecule has 2 heterocycles. The molecular weight excluding hydrogens is 333 g/mol. The summed E-state index contributed by atoms with van der Waals surface area (Å²) in [7, 11) is 1.53. The molecule has 1 fully saturated rings. The van der Waals surface area contributed by atoms with E-state index in [9.17, 15) is 13.2 Å². The third-order valence-corrected chi connectivity index (χ3v) is 4.19. The van der Waals surface area contributed by atoms with E-state index in [0.717, 1.165) is 11.8 Å². The van der Waals surface area contributed by atoms with Crippen LogP contribution in [0.1, 0.15) is 16.8 Å². The highest BCUT2D eigenvalue weighted by atomic mass is 19.4. The van der Waals surface area contributed by atoms with Gasteiger partial charge < -0.3 is 9.47 Å². The Morgan fingerprint density at radius 2 is 1.88 bits per heavy atom. The molecule has 0 aliphatic carbocycles. The fraction of sp³-hybridized carbons (Fsp3) is 0.389. The molecule has 0 saturated carbocycles. The van der Waals surface area contributed by atoms with Gasteiger partial charge >= 0.3 is 6.18 Å². The van der Waals surface area contributed by atoms with Crippen molar-refractivity contribution in [2.75, 3.05) is 20.3 Å². The summed E-state index contributed by atoms with van der Waals surface area (Å²) in [5.74, 6) is 0.484. The first-order valence-corrected chi connectivity index (χ1v) is 7.94. The van der Waals surface area contributed by atoms with Gasteiger partial charge in [-0.15, -0.1) is 0 Å². The molecule has 0 spiro atoms. The monoisotopic (exact) mass is 352 g/mol. The number of pyridine rings is 1. The SMILES string of the molecule is COc1cccc(CN(Cc2ccccc2C(F)(F)F)C2COC2)n1. The summed E-state index contributed by atoms with van der Waals surface area (Å²) in [5, 5.41) is 0. The average Bonchev–Trinajstić information content (AvgIpc) is 2.53. The zero-order valence-electron chi connectivity index (χ0n) is 13.8. The lowest BCUT2D eigenvalue weighted by Crippen LogP contribution is -2.48. The second kappa shape index (κ2) is 7.41. The molecule has 2 aromatic rings. The standard InChI is InChI=1S/C18H19F3N2O2/c1-24-17-8-4-6-14(22-17)10-23(15-11-25-12-15)9-13-5-2-3-7-16(13)18(19,20)21/h2-8,15H,9-12H2,1H3. The minimum absolute atomic E-state index is 0.0780. The Kier molecular flexibility index (Phi) is 5.24. The van der Waals surface area contributed by atoms with Crippen molar-refractivity contribution in [2.24, 2.45) is 0 Å². The molecule has 0 radical (unpaired) electrons. The Morgan fingerprint density at radius 1 is 1.12 bits per heavy atom. The van der Waals surface area contributed by atoms with Crippen molar-refractivity contribution in [2.45, 2.75) is 25.3 Å². The number of rotatable bonds is 6. The second-order valence-electron chi connectivity index (χ2n) is 5.92. The van der Waals surface area contributed by atoms with Crippen LogP contribution in [-0.4, -0.2) is 36.2 Å². The number of ether oxygens (including phenoxy) is 2. The molecule has 1 aromatic heterocycles. The van der Waals surface area contributed by atoms with Crippen molar-refractivity contribution >= 4 is 0 Å². The number of nitrogens with zero attached hydrogens (tertiary/aromatic N) is 2. The summed E-state index contributed by atoms with van der Waals surface area (Å²) >= 11 is 0. The summed E-state index contributed by atoms with van der Waals surface area (Å²) in [6.45, 7) is 1.64. The molecule has 25 heavy (non-hydrogen) atoms. The van der Waals surface area contributed by atoms with Gasteiger partial charge in [-0.05, 0) is 17.7 Å². The number of hydrogen-bond donors (Lipinski definition) is 0. The van der Waals surface area contributed by atoms with Gasteiger partial charge in [0.05, 0.1) is 37.6 Å². The molecule has 0 bridgehead atoms. The van der Waals surface area contributed by atoms with Crippen LogP contribution in [0.2, 0.25) is 0 Å². The van der Waals surface area contributed by atoms with Gasteiger partial charge in [-0.2, -0.15) is 13.2 Å². The molecule has 0 unspecified atom stereocenters. The summed E-state index contributed by atoms with van der Waals surface area (Å²) < 4.78 is 50.1. The molecule has 134 valence electrons. The number of benzene rings is 1. The quantitative estimate of drug-likeness (QED) is 0.797. The van der Waals surface area contributed by atoms with E-state index in [1.165, 1.54) is 19.2 Å². The lowest BCUT2D eigenvalue weighted by molar-refractivity contribution is -0.139. The van der Waals surface area contributed by atoms with Crippen molar-refractivity contribution in [3.05, 3.63) is 59.3 Å². The molecular formula is C18H19F3N2O2. The summed E-state index contributed by atoms with van der Waals surface area (Å²) in [6, 6.07) is 11.2. The van der Waals surface area contributed by atoms with Crippen LogP contribution in [0.25, 0.3) is 0 Å². The van der Waals surface area contributed by atoms with Crippen LogP contribution in [0.15, 0.2) is 42.5 Å². The summed E-state index contributed by atoms with van der Waals surface area (Å²) in [5.41, 5.74) is 0.402. The van der Waals surface area contributed by atoms with Gasteiger partial charge in [-0.25, -0.2) is 4.98 Å². The van der Waals surface area contributed by atoms with Gasteiger partial charge in [-0.1, -0.05) is 24.3 Å². The van der Waals surface area contributed by atoms with E-state index in [1.54, 1.807) is 12.1 Å². The topological polar surface area (TPSA) is 34.6 Å². The smallest absolute Gasteiger partial charge is 0.416 e. The first kappa shape index (κ1) is 17.7. The largest absolute Gasteiger partial charge is 0.481 e. The normalized spacial score (nSPS) is 15.2. The van der Waals surface area contributed by atoms with Crippen LogP contribution in [0, 0.1) is 0 Å². The van der Waals surface area contributed by atoms with Gasteiger partial charge in [0.1, 0.15) is 0 Å². The number of hydrogen-bond acceptors (Lipinski definition) is 4. The van der Waals surface area contributed by atoms with Gasteiger partial charge in [0.25, 0.3) is 0 Å². The fourth-order valence-electron chi connectivity index (χ4n) is 2.77. The minimum atomic E-state index is -4.37. The third-order valence-electron chi connectivity index (χ3n) is 4.19. The molecule has 4 nitrogen and oxygen atoms in total. The number of methoxy groups -OCH3 is 1. The maximum absolute atomic E-state index is 13.2. The zero-order chi connectivity index (χ0) is 17.9. The molecule has 1 aliphatic rings. The first-order valence-electron chi connectivity index (χ1n) is 7.94. The van der Waals surface area contributed by atoms with E-state index >= 15 is 0 Å². The van der Waals surface area contributed by atoms with Crippen LogP contribution in [0.5, 0.6) is 5.88 Å². The molecule has 3 rings (SSSR count). The van der Waals surface area contributed by atoms with Crippen LogP contribution in [-0.2, 0) is 24.0 Å². The van der Waals surface area contributed by atoms with Gasteiger partial charge in [0, 0.05) is 19.2 Å². The molecule has 7 heteroatoms. The van der Waals surface area contributed by atoms with Gasteiger partial charge in [0.15, 0.2) is 0 Å². The van der Waals surface area contributed by atoms with Crippen molar-refractivity contribution in [1.82, 2.24) is 9.88 Å². The van der Waals surface area contributed by atoms with Gasteiger partial charge in [-0.3, -0.25) is 4.90 Å². The Morgan fingerprint density at radius 3 is 2.52 bits per heavy atom. The Labute approximate surface area is 144 Å². The molecule has 0 N–H and O–H groups in total. The Hall–Kier alpha value is -2.12. The molecule has 1 aromatic carbocycles.